The van der Waals surface area contributed by atoms with Crippen molar-refractivity contribution in [3.8, 4) is 5.75 Å². The second-order valence-electron chi connectivity index (χ2n) is 3.31. The molecule has 0 aliphatic carbocycles. The molecular formula is C11H16ClNO. The van der Waals surface area contributed by atoms with Gasteiger partial charge in [-0.3, -0.25) is 0 Å². The molecule has 0 spiro atoms. The van der Waals surface area contributed by atoms with E-state index in [1.165, 1.54) is 0 Å². The summed E-state index contributed by atoms with van der Waals surface area (Å²) < 4.78 is 5.62. The van der Waals surface area contributed by atoms with Crippen LogP contribution in [0.25, 0.3) is 0 Å². The summed E-state index contributed by atoms with van der Waals surface area (Å²) in [7, 11) is 0. The number of rotatable bonds is 4. The third kappa shape index (κ3) is 2.63. The van der Waals surface area contributed by atoms with E-state index in [-0.39, 0.29) is 0 Å². The standard InChI is InChI=1S/C11H16ClNO/c1-8-4-5-10(12)9(2)11(8)14-7-3-6-13/h4-5H,3,6-7,13H2,1-2H3. The van der Waals surface area contributed by atoms with Crippen molar-refractivity contribution in [1.82, 2.24) is 0 Å². The molecule has 0 aliphatic heterocycles. The van der Waals surface area contributed by atoms with Crippen LogP contribution in [0.3, 0.4) is 0 Å². The van der Waals surface area contributed by atoms with Crippen molar-refractivity contribution in [3.05, 3.63) is 28.3 Å². The van der Waals surface area contributed by atoms with Crippen LogP contribution in [0.1, 0.15) is 17.5 Å². The summed E-state index contributed by atoms with van der Waals surface area (Å²) in [5.41, 5.74) is 7.51. The van der Waals surface area contributed by atoms with E-state index in [9.17, 15) is 0 Å². The molecule has 0 amide bonds. The summed E-state index contributed by atoms with van der Waals surface area (Å²) in [6.45, 7) is 5.28. The fourth-order valence-electron chi connectivity index (χ4n) is 1.28. The number of halogens is 1. The molecule has 1 aromatic carbocycles. The molecule has 78 valence electrons. The fourth-order valence-corrected chi connectivity index (χ4v) is 1.43. The van der Waals surface area contributed by atoms with Crippen LogP contribution in [-0.4, -0.2) is 13.2 Å². The first-order chi connectivity index (χ1) is 6.66. The monoisotopic (exact) mass is 213 g/mol. The Bertz CT molecular complexity index is 312. The molecule has 0 unspecified atom stereocenters. The van der Waals surface area contributed by atoms with E-state index in [0.29, 0.717) is 13.2 Å². The van der Waals surface area contributed by atoms with Crippen LogP contribution in [0.15, 0.2) is 12.1 Å². The maximum absolute atomic E-state index is 5.99. The van der Waals surface area contributed by atoms with E-state index in [2.05, 4.69) is 0 Å². The molecule has 1 rings (SSSR count). The smallest absolute Gasteiger partial charge is 0.126 e. The summed E-state index contributed by atoms with van der Waals surface area (Å²) in [5.74, 6) is 0.894. The van der Waals surface area contributed by atoms with E-state index in [1.54, 1.807) is 0 Å². The quantitative estimate of drug-likeness (QED) is 0.781. The van der Waals surface area contributed by atoms with Gasteiger partial charge in [0.15, 0.2) is 0 Å². The lowest BCUT2D eigenvalue weighted by atomic mass is 10.1. The van der Waals surface area contributed by atoms with E-state index in [1.807, 2.05) is 26.0 Å². The Kier molecular flexibility index (Phi) is 4.23. The molecule has 0 saturated heterocycles. The van der Waals surface area contributed by atoms with Crippen LogP contribution in [0.5, 0.6) is 5.75 Å². The largest absolute Gasteiger partial charge is 0.493 e. The number of hydrogen-bond acceptors (Lipinski definition) is 2. The highest BCUT2D eigenvalue weighted by molar-refractivity contribution is 6.31. The van der Waals surface area contributed by atoms with E-state index < -0.39 is 0 Å². The Hall–Kier alpha value is -0.730. The molecule has 0 radical (unpaired) electrons. The van der Waals surface area contributed by atoms with Crippen LogP contribution in [-0.2, 0) is 0 Å². The van der Waals surface area contributed by atoms with Gasteiger partial charge >= 0.3 is 0 Å². The second-order valence-corrected chi connectivity index (χ2v) is 3.72. The first kappa shape index (κ1) is 11.3. The third-order valence-electron chi connectivity index (χ3n) is 2.13. The number of ether oxygens (including phenoxy) is 1. The summed E-state index contributed by atoms with van der Waals surface area (Å²) in [6.07, 6.45) is 0.866. The lowest BCUT2D eigenvalue weighted by molar-refractivity contribution is 0.309. The first-order valence-electron chi connectivity index (χ1n) is 4.75. The molecule has 2 nitrogen and oxygen atoms in total. The van der Waals surface area contributed by atoms with Crippen LogP contribution < -0.4 is 10.5 Å². The Morgan fingerprint density at radius 1 is 1.36 bits per heavy atom. The number of hydrogen-bond donors (Lipinski definition) is 1. The predicted octanol–water partition coefficient (Wildman–Crippen LogP) is 2.68. The van der Waals surface area contributed by atoms with E-state index in [4.69, 9.17) is 22.1 Å². The van der Waals surface area contributed by atoms with E-state index >= 15 is 0 Å². The summed E-state index contributed by atoms with van der Waals surface area (Å²) >= 11 is 5.99. The molecule has 0 bridgehead atoms. The molecule has 0 heterocycles. The van der Waals surface area contributed by atoms with Crippen molar-refractivity contribution in [1.29, 1.82) is 0 Å². The fraction of sp³-hybridized carbons (Fsp3) is 0.455. The number of benzene rings is 1. The molecule has 0 aliphatic rings. The van der Waals surface area contributed by atoms with Gasteiger partial charge in [0.05, 0.1) is 6.61 Å². The van der Waals surface area contributed by atoms with Crippen molar-refractivity contribution in [2.75, 3.05) is 13.2 Å². The van der Waals surface area contributed by atoms with Gasteiger partial charge in [0, 0.05) is 10.6 Å². The lowest BCUT2D eigenvalue weighted by Gasteiger charge is -2.12. The van der Waals surface area contributed by atoms with Crippen molar-refractivity contribution in [3.63, 3.8) is 0 Å². The summed E-state index contributed by atoms with van der Waals surface area (Å²) in [5, 5.41) is 0.748. The van der Waals surface area contributed by atoms with Crippen LogP contribution in [0.4, 0.5) is 0 Å². The van der Waals surface area contributed by atoms with Gasteiger partial charge in [0.25, 0.3) is 0 Å². The molecule has 1 aromatic rings. The van der Waals surface area contributed by atoms with Gasteiger partial charge in [-0.15, -0.1) is 0 Å². The molecule has 0 atom stereocenters. The molecule has 2 N–H and O–H groups in total. The minimum Gasteiger partial charge on any atom is -0.493 e. The van der Waals surface area contributed by atoms with Gasteiger partial charge in [0.1, 0.15) is 5.75 Å². The molecule has 0 fully saturated rings. The Morgan fingerprint density at radius 3 is 2.71 bits per heavy atom. The van der Waals surface area contributed by atoms with E-state index in [0.717, 1.165) is 28.3 Å². The Morgan fingerprint density at radius 2 is 2.07 bits per heavy atom. The highest BCUT2D eigenvalue weighted by Gasteiger charge is 2.06. The zero-order valence-corrected chi connectivity index (χ0v) is 9.40. The Labute approximate surface area is 90.0 Å². The van der Waals surface area contributed by atoms with Crippen molar-refractivity contribution in [2.45, 2.75) is 20.3 Å². The van der Waals surface area contributed by atoms with Gasteiger partial charge in [-0.05, 0) is 38.4 Å². The minimum atomic E-state index is 0.651. The molecule has 3 heteroatoms. The Balaban J connectivity index is 2.79. The van der Waals surface area contributed by atoms with Gasteiger partial charge < -0.3 is 10.5 Å². The second kappa shape index (κ2) is 5.23. The predicted molar refractivity (Wildman–Crippen MR) is 60.1 cm³/mol. The van der Waals surface area contributed by atoms with Crippen molar-refractivity contribution < 1.29 is 4.74 Å². The average molecular weight is 214 g/mol. The number of nitrogens with two attached hydrogens (primary N) is 1. The minimum absolute atomic E-state index is 0.651. The normalized spacial score (nSPS) is 10.3. The molecule has 0 aromatic heterocycles. The van der Waals surface area contributed by atoms with Crippen LogP contribution in [0.2, 0.25) is 5.02 Å². The molecule has 14 heavy (non-hydrogen) atoms. The highest BCUT2D eigenvalue weighted by atomic mass is 35.5. The molecular weight excluding hydrogens is 198 g/mol. The zero-order valence-electron chi connectivity index (χ0n) is 8.64. The first-order valence-corrected chi connectivity index (χ1v) is 5.13. The summed E-state index contributed by atoms with van der Waals surface area (Å²) in [4.78, 5) is 0. The van der Waals surface area contributed by atoms with Gasteiger partial charge in [-0.25, -0.2) is 0 Å². The maximum atomic E-state index is 5.99. The average Bonchev–Trinajstić information content (AvgIpc) is 2.18. The van der Waals surface area contributed by atoms with Crippen LogP contribution in [0, 0.1) is 13.8 Å². The molecule has 0 saturated carbocycles. The van der Waals surface area contributed by atoms with Gasteiger partial charge in [-0.2, -0.15) is 0 Å². The van der Waals surface area contributed by atoms with Gasteiger partial charge in [0.2, 0.25) is 0 Å². The SMILES string of the molecule is Cc1ccc(Cl)c(C)c1OCCCN. The highest BCUT2D eigenvalue weighted by Crippen LogP contribution is 2.29. The maximum Gasteiger partial charge on any atom is 0.126 e. The van der Waals surface area contributed by atoms with Crippen molar-refractivity contribution in [2.24, 2.45) is 5.73 Å². The van der Waals surface area contributed by atoms with Crippen LogP contribution >= 0.6 is 11.6 Å². The van der Waals surface area contributed by atoms with Crippen molar-refractivity contribution >= 4 is 11.6 Å². The van der Waals surface area contributed by atoms with Gasteiger partial charge in [-0.1, -0.05) is 17.7 Å². The zero-order chi connectivity index (χ0) is 10.6. The number of aryl methyl sites for hydroxylation is 1. The topological polar surface area (TPSA) is 35.2 Å². The summed E-state index contributed by atoms with van der Waals surface area (Å²) in [6, 6.07) is 3.86. The lowest BCUT2D eigenvalue weighted by Crippen LogP contribution is -2.07. The third-order valence-corrected chi connectivity index (χ3v) is 2.54.